The third-order valence-electron chi connectivity index (χ3n) is 5.62. The number of amides is 2. The third-order valence-corrected chi connectivity index (χ3v) is 5.62. The standard InChI is InChI=1S/C29H44N2O11/c1-20(31-21(2)32)28(42-27(19-39-23(4)34)26(41-24(5)35)18-38-22(3)33)37-16-12-7-6-11-15-30-29(36)40-17-25-13-9-8-10-14-25/h8-10,13-14,20,26-28H,6-7,11-12,15-19H2,1-5H3,(H,30,36)(H,31,32)/t20-,26+,27?,28+/m0/s1. The predicted octanol–water partition coefficient (Wildman–Crippen LogP) is 2.78. The molecule has 236 valence electrons. The fraction of sp³-hybridized carbons (Fsp3) is 0.621. The van der Waals surface area contributed by atoms with Gasteiger partial charge in [0.1, 0.15) is 25.9 Å². The molecule has 0 aliphatic carbocycles. The SMILES string of the molecule is CC(=O)N[C@@H](C)[C@H](OCCCCCCNC(=O)OCc1ccccc1)OC(COC(C)=O)[C@@H](COC(C)=O)OC(C)=O. The van der Waals surface area contributed by atoms with Crippen molar-refractivity contribution in [2.24, 2.45) is 0 Å². The number of esters is 3. The highest BCUT2D eigenvalue weighted by Crippen LogP contribution is 2.15. The third kappa shape index (κ3) is 17.9. The van der Waals surface area contributed by atoms with Gasteiger partial charge >= 0.3 is 24.0 Å². The minimum absolute atomic E-state index is 0.206. The normalized spacial score (nSPS) is 13.5. The van der Waals surface area contributed by atoms with Crippen LogP contribution in [0, 0.1) is 0 Å². The van der Waals surface area contributed by atoms with E-state index < -0.39 is 48.5 Å². The number of unbranched alkanes of at least 4 members (excludes halogenated alkanes) is 3. The summed E-state index contributed by atoms with van der Waals surface area (Å²) < 4.78 is 32.5. The van der Waals surface area contributed by atoms with Gasteiger partial charge in [0.05, 0.1) is 6.04 Å². The maximum Gasteiger partial charge on any atom is 0.407 e. The summed E-state index contributed by atoms with van der Waals surface area (Å²) in [5.74, 6) is -2.17. The zero-order valence-electron chi connectivity index (χ0n) is 25.1. The molecular weight excluding hydrogens is 552 g/mol. The molecule has 0 radical (unpaired) electrons. The van der Waals surface area contributed by atoms with Gasteiger partial charge in [0.25, 0.3) is 0 Å². The highest BCUT2D eigenvalue weighted by Gasteiger charge is 2.33. The van der Waals surface area contributed by atoms with E-state index in [9.17, 15) is 24.0 Å². The molecule has 0 aliphatic rings. The number of nitrogens with one attached hydrogen (secondary N) is 2. The van der Waals surface area contributed by atoms with Crippen LogP contribution in [0.5, 0.6) is 0 Å². The smallest absolute Gasteiger partial charge is 0.407 e. The molecule has 42 heavy (non-hydrogen) atoms. The highest BCUT2D eigenvalue weighted by atomic mass is 16.7. The lowest BCUT2D eigenvalue weighted by Crippen LogP contribution is -2.49. The summed E-state index contributed by atoms with van der Waals surface area (Å²) in [6.45, 7) is 6.89. The van der Waals surface area contributed by atoms with Gasteiger partial charge < -0.3 is 39.1 Å². The topological polar surface area (TPSA) is 165 Å². The maximum absolute atomic E-state index is 11.8. The molecule has 0 saturated heterocycles. The number of carbonyl (C=O) groups excluding carboxylic acids is 5. The van der Waals surface area contributed by atoms with E-state index >= 15 is 0 Å². The molecule has 0 fully saturated rings. The number of carbonyl (C=O) groups is 5. The van der Waals surface area contributed by atoms with Crippen LogP contribution in [0.4, 0.5) is 4.79 Å². The number of benzene rings is 1. The van der Waals surface area contributed by atoms with Crippen molar-refractivity contribution >= 4 is 29.9 Å². The van der Waals surface area contributed by atoms with Gasteiger partial charge in [-0.05, 0) is 25.3 Å². The van der Waals surface area contributed by atoms with Crippen LogP contribution in [0.2, 0.25) is 0 Å². The van der Waals surface area contributed by atoms with Gasteiger partial charge in [-0.25, -0.2) is 4.79 Å². The number of alkyl carbamates (subject to hydrolysis) is 1. The van der Waals surface area contributed by atoms with E-state index in [-0.39, 0.29) is 32.3 Å². The van der Waals surface area contributed by atoms with Gasteiger partial charge in [0, 0.05) is 40.8 Å². The average Bonchev–Trinajstić information content (AvgIpc) is 2.92. The molecule has 2 amide bonds. The van der Waals surface area contributed by atoms with E-state index in [0.29, 0.717) is 13.0 Å². The second kappa shape index (κ2) is 21.1. The second-order valence-corrected chi connectivity index (χ2v) is 9.56. The molecule has 1 unspecified atom stereocenters. The number of hydrogen-bond acceptors (Lipinski definition) is 11. The molecule has 1 rings (SSSR count). The van der Waals surface area contributed by atoms with E-state index in [1.165, 1.54) is 27.7 Å². The zero-order valence-corrected chi connectivity index (χ0v) is 25.1. The molecule has 4 atom stereocenters. The zero-order chi connectivity index (χ0) is 31.3. The monoisotopic (exact) mass is 596 g/mol. The lowest BCUT2D eigenvalue weighted by molar-refractivity contribution is -0.224. The summed E-state index contributed by atoms with van der Waals surface area (Å²) in [7, 11) is 0. The van der Waals surface area contributed by atoms with Crippen LogP contribution in [0.3, 0.4) is 0 Å². The van der Waals surface area contributed by atoms with Gasteiger partial charge in [0.15, 0.2) is 12.4 Å². The van der Waals surface area contributed by atoms with E-state index in [4.69, 9.17) is 28.4 Å². The van der Waals surface area contributed by atoms with Gasteiger partial charge in [-0.15, -0.1) is 0 Å². The average molecular weight is 597 g/mol. The van der Waals surface area contributed by atoms with Crippen LogP contribution < -0.4 is 10.6 Å². The van der Waals surface area contributed by atoms with Crippen LogP contribution in [0.1, 0.15) is 65.9 Å². The summed E-state index contributed by atoms with van der Waals surface area (Å²) in [5.41, 5.74) is 0.909. The Morgan fingerprint density at radius 1 is 0.762 bits per heavy atom. The van der Waals surface area contributed by atoms with Crippen molar-refractivity contribution in [1.29, 1.82) is 0 Å². The molecule has 0 heterocycles. The number of ether oxygens (including phenoxy) is 6. The Hall–Kier alpha value is -3.71. The first kappa shape index (κ1) is 36.3. The first-order valence-electron chi connectivity index (χ1n) is 13.9. The van der Waals surface area contributed by atoms with Crippen LogP contribution in [0.15, 0.2) is 30.3 Å². The Balaban J connectivity index is 2.60. The first-order chi connectivity index (χ1) is 20.0. The van der Waals surface area contributed by atoms with Gasteiger partial charge in [-0.3, -0.25) is 19.2 Å². The molecule has 0 aromatic heterocycles. The Bertz CT molecular complexity index is 974. The van der Waals surface area contributed by atoms with Gasteiger partial charge in [-0.1, -0.05) is 43.2 Å². The largest absolute Gasteiger partial charge is 0.463 e. The Morgan fingerprint density at radius 3 is 1.98 bits per heavy atom. The van der Waals surface area contributed by atoms with Gasteiger partial charge in [-0.2, -0.15) is 0 Å². The minimum atomic E-state index is -1.10. The van der Waals surface area contributed by atoms with Crippen LogP contribution >= 0.6 is 0 Å². The summed E-state index contributed by atoms with van der Waals surface area (Å²) in [5, 5.41) is 5.42. The summed E-state index contributed by atoms with van der Waals surface area (Å²) in [4.78, 5) is 58.1. The van der Waals surface area contributed by atoms with Crippen molar-refractivity contribution in [2.75, 3.05) is 26.4 Å². The molecule has 1 aromatic carbocycles. The van der Waals surface area contributed by atoms with Crippen molar-refractivity contribution in [3.8, 4) is 0 Å². The molecule has 2 N–H and O–H groups in total. The van der Waals surface area contributed by atoms with Gasteiger partial charge in [0.2, 0.25) is 5.91 Å². The summed E-state index contributed by atoms with van der Waals surface area (Å²) >= 11 is 0. The second-order valence-electron chi connectivity index (χ2n) is 9.56. The highest BCUT2D eigenvalue weighted by molar-refractivity contribution is 5.73. The lowest BCUT2D eigenvalue weighted by Gasteiger charge is -2.32. The van der Waals surface area contributed by atoms with Crippen molar-refractivity contribution in [3.63, 3.8) is 0 Å². The van der Waals surface area contributed by atoms with Crippen LogP contribution in [-0.2, 0) is 54.2 Å². The Kier molecular flexibility index (Phi) is 18.2. The maximum atomic E-state index is 11.8. The number of rotatable bonds is 20. The molecule has 13 heteroatoms. The Labute approximate surface area is 246 Å². The van der Waals surface area contributed by atoms with Crippen molar-refractivity contribution < 1.29 is 52.4 Å². The minimum Gasteiger partial charge on any atom is -0.463 e. The predicted molar refractivity (Wildman–Crippen MR) is 150 cm³/mol. The first-order valence-corrected chi connectivity index (χ1v) is 13.9. The quantitative estimate of drug-likeness (QED) is 0.0984. The van der Waals surface area contributed by atoms with Crippen molar-refractivity contribution in [2.45, 2.75) is 91.4 Å². The Morgan fingerprint density at radius 2 is 1.38 bits per heavy atom. The van der Waals surface area contributed by atoms with Crippen LogP contribution in [0.25, 0.3) is 0 Å². The molecule has 13 nitrogen and oxygen atoms in total. The summed E-state index contributed by atoms with van der Waals surface area (Å²) in [6, 6.07) is 8.78. The number of hydrogen-bond donors (Lipinski definition) is 2. The van der Waals surface area contributed by atoms with E-state index in [2.05, 4.69) is 10.6 Å². The molecule has 0 aliphatic heterocycles. The summed E-state index contributed by atoms with van der Waals surface area (Å²) in [6.07, 6.45) is -0.639. The van der Waals surface area contributed by atoms with E-state index in [0.717, 1.165) is 24.8 Å². The molecule has 0 spiro atoms. The van der Waals surface area contributed by atoms with Crippen LogP contribution in [-0.4, -0.2) is 80.8 Å². The van der Waals surface area contributed by atoms with E-state index in [1.807, 2.05) is 30.3 Å². The van der Waals surface area contributed by atoms with Crippen molar-refractivity contribution in [1.82, 2.24) is 10.6 Å². The molecule has 1 aromatic rings. The fourth-order valence-electron chi connectivity index (χ4n) is 3.67. The molecular formula is C29H44N2O11. The van der Waals surface area contributed by atoms with Crippen molar-refractivity contribution in [3.05, 3.63) is 35.9 Å². The van der Waals surface area contributed by atoms with E-state index in [1.54, 1.807) is 6.92 Å². The lowest BCUT2D eigenvalue weighted by atomic mass is 10.2. The molecule has 0 saturated carbocycles. The fourth-order valence-corrected chi connectivity index (χ4v) is 3.67. The molecule has 0 bridgehead atoms.